The van der Waals surface area contributed by atoms with Gasteiger partial charge in [0.1, 0.15) is 11.3 Å². The highest BCUT2D eigenvalue weighted by atomic mass is 16.5. The number of hydrogen-bond acceptors (Lipinski definition) is 5. The fourth-order valence-corrected chi connectivity index (χ4v) is 2.29. The number of amides is 1. The number of rotatable bonds is 4. The summed E-state index contributed by atoms with van der Waals surface area (Å²) < 4.78 is 10.3. The Morgan fingerprint density at radius 1 is 1.56 bits per heavy atom. The minimum atomic E-state index is -0.470. The molecule has 0 saturated carbocycles. The Labute approximate surface area is 105 Å². The molecule has 0 spiro atoms. The van der Waals surface area contributed by atoms with E-state index in [9.17, 15) is 4.79 Å². The van der Waals surface area contributed by atoms with E-state index in [0.29, 0.717) is 43.1 Å². The van der Waals surface area contributed by atoms with Crippen molar-refractivity contribution in [2.24, 2.45) is 0 Å². The monoisotopic (exact) mass is 254 g/mol. The number of nitrogens with one attached hydrogen (secondary N) is 1. The maximum atomic E-state index is 12.2. The van der Waals surface area contributed by atoms with Crippen LogP contribution in [0.1, 0.15) is 34.7 Å². The zero-order chi connectivity index (χ0) is 13.2. The van der Waals surface area contributed by atoms with Crippen LogP contribution in [-0.2, 0) is 4.74 Å². The van der Waals surface area contributed by atoms with Crippen LogP contribution in [-0.4, -0.2) is 41.5 Å². The lowest BCUT2D eigenvalue weighted by Crippen LogP contribution is -2.49. The number of carbonyl (C=O) groups excluding carboxylic acids is 1. The van der Waals surface area contributed by atoms with Crippen molar-refractivity contribution >= 4 is 5.91 Å². The van der Waals surface area contributed by atoms with E-state index in [1.807, 2.05) is 0 Å². The van der Waals surface area contributed by atoms with Crippen molar-refractivity contribution in [3.05, 3.63) is 17.0 Å². The van der Waals surface area contributed by atoms with Gasteiger partial charge < -0.3 is 19.7 Å². The molecule has 1 saturated heterocycles. The molecule has 1 aliphatic heterocycles. The molecule has 1 aromatic heterocycles. The summed E-state index contributed by atoms with van der Waals surface area (Å²) in [5.74, 6) is 0.285. The predicted octanol–water partition coefficient (Wildman–Crippen LogP) is 0.563. The minimum absolute atomic E-state index is 0.0191. The fraction of sp³-hybridized carbons (Fsp3) is 0.667. The molecule has 1 amide bonds. The Hall–Kier alpha value is -1.40. The van der Waals surface area contributed by atoms with Crippen LogP contribution in [0.25, 0.3) is 0 Å². The molecule has 1 fully saturated rings. The lowest BCUT2D eigenvalue weighted by molar-refractivity contribution is 0.0848. The molecule has 1 aliphatic rings. The van der Waals surface area contributed by atoms with E-state index in [-0.39, 0.29) is 12.5 Å². The van der Waals surface area contributed by atoms with Crippen LogP contribution in [0, 0.1) is 13.8 Å². The van der Waals surface area contributed by atoms with E-state index in [0.717, 1.165) is 0 Å². The molecule has 1 unspecified atom stereocenters. The van der Waals surface area contributed by atoms with Crippen LogP contribution in [0.15, 0.2) is 4.52 Å². The van der Waals surface area contributed by atoms with Crippen molar-refractivity contribution in [2.45, 2.75) is 32.2 Å². The third-order valence-corrected chi connectivity index (χ3v) is 3.33. The van der Waals surface area contributed by atoms with Gasteiger partial charge in [-0.2, -0.15) is 0 Å². The Kier molecular flexibility index (Phi) is 3.68. The molecular formula is C12H18N2O4. The molecule has 6 nitrogen and oxygen atoms in total. The third kappa shape index (κ3) is 2.39. The van der Waals surface area contributed by atoms with E-state index in [1.54, 1.807) is 13.8 Å². The van der Waals surface area contributed by atoms with Gasteiger partial charge in [-0.15, -0.1) is 0 Å². The molecule has 100 valence electrons. The number of hydrogen-bond donors (Lipinski definition) is 2. The topological polar surface area (TPSA) is 84.6 Å². The first-order valence-electron chi connectivity index (χ1n) is 6.02. The van der Waals surface area contributed by atoms with Crippen molar-refractivity contribution < 1.29 is 19.2 Å². The number of aliphatic hydroxyl groups is 1. The van der Waals surface area contributed by atoms with Crippen molar-refractivity contribution in [2.75, 3.05) is 19.8 Å². The second-order valence-corrected chi connectivity index (χ2v) is 4.71. The Bertz CT molecular complexity index is 416. The molecule has 2 rings (SSSR count). The highest BCUT2D eigenvalue weighted by molar-refractivity contribution is 5.96. The standard InChI is InChI=1S/C12H18N2O4/c1-8-10(9(2)18-14-8)11(16)13-12(3-5-15)4-6-17-7-12/h15H,3-7H2,1-2H3,(H,13,16). The van der Waals surface area contributed by atoms with Crippen molar-refractivity contribution in [3.8, 4) is 0 Å². The molecule has 1 atom stereocenters. The lowest BCUT2D eigenvalue weighted by Gasteiger charge is -2.27. The summed E-state index contributed by atoms with van der Waals surface area (Å²) in [7, 11) is 0. The Morgan fingerprint density at radius 2 is 2.33 bits per heavy atom. The Morgan fingerprint density at radius 3 is 2.83 bits per heavy atom. The minimum Gasteiger partial charge on any atom is -0.396 e. The van der Waals surface area contributed by atoms with Crippen molar-refractivity contribution in [1.82, 2.24) is 10.5 Å². The molecule has 18 heavy (non-hydrogen) atoms. The highest BCUT2D eigenvalue weighted by Gasteiger charge is 2.37. The SMILES string of the molecule is Cc1noc(C)c1C(=O)NC1(CCO)CCOC1. The summed E-state index contributed by atoms with van der Waals surface area (Å²) in [6.07, 6.45) is 1.20. The molecule has 2 N–H and O–H groups in total. The van der Waals surface area contributed by atoms with E-state index >= 15 is 0 Å². The van der Waals surface area contributed by atoms with E-state index in [1.165, 1.54) is 0 Å². The summed E-state index contributed by atoms with van der Waals surface area (Å²) in [6, 6.07) is 0. The molecule has 0 aliphatic carbocycles. The summed E-state index contributed by atoms with van der Waals surface area (Å²) in [5, 5.41) is 15.8. The highest BCUT2D eigenvalue weighted by Crippen LogP contribution is 2.24. The summed E-state index contributed by atoms with van der Waals surface area (Å²) in [5.41, 5.74) is 0.574. The van der Waals surface area contributed by atoms with Crippen molar-refractivity contribution in [1.29, 1.82) is 0 Å². The van der Waals surface area contributed by atoms with E-state index in [2.05, 4.69) is 10.5 Å². The van der Waals surface area contributed by atoms with Gasteiger partial charge in [0.25, 0.3) is 5.91 Å². The summed E-state index contributed by atoms with van der Waals surface area (Å²) >= 11 is 0. The summed E-state index contributed by atoms with van der Waals surface area (Å²) in [4.78, 5) is 12.2. The van der Waals surface area contributed by atoms with Gasteiger partial charge in [0.15, 0.2) is 0 Å². The first-order valence-corrected chi connectivity index (χ1v) is 6.02. The number of nitrogens with zero attached hydrogens (tertiary/aromatic N) is 1. The number of ether oxygens (including phenoxy) is 1. The molecular weight excluding hydrogens is 236 g/mol. The van der Waals surface area contributed by atoms with Gasteiger partial charge in [0.05, 0.1) is 17.8 Å². The fourth-order valence-electron chi connectivity index (χ4n) is 2.29. The van der Waals surface area contributed by atoms with Crippen molar-refractivity contribution in [3.63, 3.8) is 0 Å². The number of aliphatic hydroxyl groups excluding tert-OH is 1. The second kappa shape index (κ2) is 5.07. The van der Waals surface area contributed by atoms with Gasteiger partial charge in [-0.1, -0.05) is 5.16 Å². The molecule has 0 bridgehead atoms. The number of aromatic nitrogens is 1. The van der Waals surface area contributed by atoms with E-state index < -0.39 is 5.54 Å². The second-order valence-electron chi connectivity index (χ2n) is 4.71. The lowest BCUT2D eigenvalue weighted by atomic mass is 9.94. The molecule has 6 heteroatoms. The van der Waals surface area contributed by atoms with Crippen LogP contribution in [0.3, 0.4) is 0 Å². The maximum absolute atomic E-state index is 12.2. The van der Waals surface area contributed by atoms with Gasteiger partial charge in [-0.25, -0.2) is 0 Å². The van der Waals surface area contributed by atoms with Gasteiger partial charge in [0.2, 0.25) is 0 Å². The zero-order valence-corrected chi connectivity index (χ0v) is 10.7. The summed E-state index contributed by atoms with van der Waals surface area (Å²) in [6.45, 7) is 4.49. The maximum Gasteiger partial charge on any atom is 0.257 e. The largest absolute Gasteiger partial charge is 0.396 e. The first-order chi connectivity index (χ1) is 8.58. The molecule has 2 heterocycles. The first kappa shape index (κ1) is 13.0. The average Bonchev–Trinajstić information content (AvgIpc) is 2.87. The van der Waals surface area contributed by atoms with E-state index in [4.69, 9.17) is 14.4 Å². The van der Waals surface area contributed by atoms with Crippen LogP contribution in [0.5, 0.6) is 0 Å². The number of aryl methyl sites for hydroxylation is 2. The van der Waals surface area contributed by atoms with Crippen LogP contribution in [0.2, 0.25) is 0 Å². The van der Waals surface area contributed by atoms with Gasteiger partial charge in [-0.3, -0.25) is 4.79 Å². The predicted molar refractivity (Wildman–Crippen MR) is 63.3 cm³/mol. The van der Waals surface area contributed by atoms with Crippen LogP contribution in [0.4, 0.5) is 0 Å². The van der Waals surface area contributed by atoms with Gasteiger partial charge in [-0.05, 0) is 26.7 Å². The van der Waals surface area contributed by atoms with Gasteiger partial charge >= 0.3 is 0 Å². The van der Waals surface area contributed by atoms with Crippen LogP contribution < -0.4 is 5.32 Å². The molecule has 1 aromatic rings. The van der Waals surface area contributed by atoms with Crippen LogP contribution >= 0.6 is 0 Å². The quantitative estimate of drug-likeness (QED) is 0.820. The average molecular weight is 254 g/mol. The number of carbonyl (C=O) groups is 1. The smallest absolute Gasteiger partial charge is 0.257 e. The van der Waals surface area contributed by atoms with Gasteiger partial charge in [0, 0.05) is 13.2 Å². The Balaban J connectivity index is 2.15. The molecule has 0 radical (unpaired) electrons. The molecule has 0 aromatic carbocycles. The zero-order valence-electron chi connectivity index (χ0n) is 10.7. The normalized spacial score (nSPS) is 23.3. The third-order valence-electron chi connectivity index (χ3n) is 3.33.